The van der Waals surface area contributed by atoms with Gasteiger partial charge >= 0.3 is 0 Å². The maximum absolute atomic E-state index is 13.6. The zero-order chi connectivity index (χ0) is 22.1. The standard InChI is InChI=1S/C20H22F2N2O5S/c1-12(14-4-7-18-19(10-14)29-9-8-28-18)23-20(25)13(2)24(30(3,26)27)15-5-6-16(21)17(22)11-15/h4-7,10-13H,8-9H2,1-3H3,(H,23,25). The molecule has 1 aliphatic heterocycles. The molecule has 1 N–H and O–H groups in total. The number of ether oxygens (including phenoxy) is 2. The van der Waals surface area contributed by atoms with Gasteiger partial charge in [-0.25, -0.2) is 17.2 Å². The third kappa shape index (κ3) is 4.64. The predicted octanol–water partition coefficient (Wildman–Crippen LogP) is 2.77. The molecular formula is C20H22F2N2O5S. The minimum absolute atomic E-state index is 0.147. The molecule has 0 spiro atoms. The molecule has 30 heavy (non-hydrogen) atoms. The smallest absolute Gasteiger partial charge is 0.244 e. The minimum atomic E-state index is -3.96. The van der Waals surface area contributed by atoms with Crippen LogP contribution in [0.25, 0.3) is 0 Å². The van der Waals surface area contributed by atoms with Crippen LogP contribution in [0.1, 0.15) is 25.5 Å². The summed E-state index contributed by atoms with van der Waals surface area (Å²) < 4.78 is 63.2. The summed E-state index contributed by atoms with van der Waals surface area (Å²) in [4.78, 5) is 12.8. The number of hydrogen-bond acceptors (Lipinski definition) is 5. The number of rotatable bonds is 6. The van der Waals surface area contributed by atoms with Crippen LogP contribution in [0.2, 0.25) is 0 Å². The molecule has 10 heteroatoms. The van der Waals surface area contributed by atoms with E-state index in [2.05, 4.69) is 5.32 Å². The van der Waals surface area contributed by atoms with E-state index in [0.717, 1.165) is 34.3 Å². The second-order valence-electron chi connectivity index (χ2n) is 6.97. The first kappa shape index (κ1) is 21.8. The first-order chi connectivity index (χ1) is 14.1. The number of benzene rings is 2. The van der Waals surface area contributed by atoms with Gasteiger partial charge in [0, 0.05) is 6.07 Å². The SMILES string of the molecule is CC(NC(=O)C(C)N(c1ccc(F)c(F)c1)S(C)(=O)=O)c1ccc2c(c1)OCCO2. The van der Waals surface area contributed by atoms with Gasteiger partial charge in [0.15, 0.2) is 23.1 Å². The van der Waals surface area contributed by atoms with Crippen LogP contribution in [0.3, 0.4) is 0 Å². The van der Waals surface area contributed by atoms with Gasteiger partial charge in [-0.05, 0) is 43.7 Å². The lowest BCUT2D eigenvalue weighted by Crippen LogP contribution is -2.48. The Balaban J connectivity index is 1.80. The number of anilines is 1. The normalized spacial score (nSPS) is 15.2. The summed E-state index contributed by atoms with van der Waals surface area (Å²) >= 11 is 0. The summed E-state index contributed by atoms with van der Waals surface area (Å²) in [5, 5.41) is 2.74. The average molecular weight is 440 g/mol. The molecule has 7 nitrogen and oxygen atoms in total. The lowest BCUT2D eigenvalue weighted by Gasteiger charge is -2.29. The fourth-order valence-corrected chi connectivity index (χ4v) is 4.34. The minimum Gasteiger partial charge on any atom is -0.486 e. The molecule has 162 valence electrons. The summed E-state index contributed by atoms with van der Waals surface area (Å²) in [6, 6.07) is 6.23. The van der Waals surface area contributed by atoms with Crippen molar-refractivity contribution in [2.24, 2.45) is 0 Å². The number of nitrogens with zero attached hydrogens (tertiary/aromatic N) is 1. The highest BCUT2D eigenvalue weighted by Crippen LogP contribution is 2.32. The Bertz CT molecular complexity index is 1060. The monoisotopic (exact) mass is 440 g/mol. The number of hydrogen-bond donors (Lipinski definition) is 1. The van der Waals surface area contributed by atoms with Gasteiger partial charge in [-0.3, -0.25) is 9.10 Å². The van der Waals surface area contributed by atoms with Gasteiger partial charge in [0.2, 0.25) is 15.9 Å². The van der Waals surface area contributed by atoms with Gasteiger partial charge in [-0.1, -0.05) is 6.07 Å². The van der Waals surface area contributed by atoms with E-state index in [4.69, 9.17) is 9.47 Å². The third-order valence-corrected chi connectivity index (χ3v) is 5.91. The molecule has 0 fully saturated rings. The van der Waals surface area contributed by atoms with Gasteiger partial charge in [-0.15, -0.1) is 0 Å². The Labute approximate surface area is 173 Å². The summed E-state index contributed by atoms with van der Waals surface area (Å²) in [7, 11) is -3.96. The molecule has 2 aromatic carbocycles. The molecular weight excluding hydrogens is 418 g/mol. The van der Waals surface area contributed by atoms with Crippen molar-refractivity contribution in [2.75, 3.05) is 23.8 Å². The van der Waals surface area contributed by atoms with Crippen LogP contribution in [0, 0.1) is 11.6 Å². The Morgan fingerprint density at radius 1 is 1.03 bits per heavy atom. The molecule has 2 atom stereocenters. The lowest BCUT2D eigenvalue weighted by molar-refractivity contribution is -0.122. The van der Waals surface area contributed by atoms with Crippen molar-refractivity contribution in [1.82, 2.24) is 5.32 Å². The number of carbonyl (C=O) groups excluding carboxylic acids is 1. The van der Waals surface area contributed by atoms with E-state index in [1.54, 1.807) is 25.1 Å². The molecule has 0 aromatic heterocycles. The number of halogens is 2. The Morgan fingerprint density at radius 3 is 2.33 bits per heavy atom. The Morgan fingerprint density at radius 2 is 1.70 bits per heavy atom. The number of sulfonamides is 1. The van der Waals surface area contributed by atoms with Crippen molar-refractivity contribution in [2.45, 2.75) is 25.9 Å². The van der Waals surface area contributed by atoms with Crippen molar-refractivity contribution in [1.29, 1.82) is 0 Å². The van der Waals surface area contributed by atoms with Crippen molar-refractivity contribution < 1.29 is 31.5 Å². The number of carbonyl (C=O) groups is 1. The predicted molar refractivity (Wildman–Crippen MR) is 107 cm³/mol. The maximum Gasteiger partial charge on any atom is 0.244 e. The first-order valence-electron chi connectivity index (χ1n) is 9.22. The summed E-state index contributed by atoms with van der Waals surface area (Å²) in [5.74, 6) is -1.76. The highest BCUT2D eigenvalue weighted by molar-refractivity contribution is 7.92. The van der Waals surface area contributed by atoms with Gasteiger partial charge in [-0.2, -0.15) is 0 Å². The van der Waals surface area contributed by atoms with E-state index in [1.807, 2.05) is 0 Å². The molecule has 1 aliphatic rings. The second-order valence-corrected chi connectivity index (χ2v) is 8.83. The summed E-state index contributed by atoms with van der Waals surface area (Å²) in [5.41, 5.74) is 0.588. The zero-order valence-corrected chi connectivity index (χ0v) is 17.5. The van der Waals surface area contributed by atoms with E-state index in [-0.39, 0.29) is 5.69 Å². The molecule has 2 unspecified atom stereocenters. The molecule has 0 saturated carbocycles. The van der Waals surface area contributed by atoms with E-state index >= 15 is 0 Å². The Hall–Kier alpha value is -2.88. The van der Waals surface area contributed by atoms with E-state index in [9.17, 15) is 22.0 Å². The molecule has 0 radical (unpaired) electrons. The van der Waals surface area contributed by atoms with Crippen LogP contribution in [-0.2, 0) is 14.8 Å². The largest absolute Gasteiger partial charge is 0.486 e. The Kier molecular flexibility index (Phi) is 6.16. The topological polar surface area (TPSA) is 84.9 Å². The van der Waals surface area contributed by atoms with Crippen LogP contribution >= 0.6 is 0 Å². The van der Waals surface area contributed by atoms with Crippen LogP contribution < -0.4 is 19.1 Å². The van der Waals surface area contributed by atoms with Crippen molar-refractivity contribution >= 4 is 21.6 Å². The summed E-state index contributed by atoms with van der Waals surface area (Å²) in [6.07, 6.45) is 0.891. The highest BCUT2D eigenvalue weighted by atomic mass is 32.2. The fourth-order valence-electron chi connectivity index (χ4n) is 3.18. The molecule has 0 aliphatic carbocycles. The van der Waals surface area contributed by atoms with Gasteiger partial charge in [0.25, 0.3) is 0 Å². The number of fused-ring (bicyclic) bond motifs is 1. The van der Waals surface area contributed by atoms with Crippen LogP contribution in [-0.4, -0.2) is 39.8 Å². The first-order valence-corrected chi connectivity index (χ1v) is 11.1. The highest BCUT2D eigenvalue weighted by Gasteiger charge is 2.30. The van der Waals surface area contributed by atoms with Crippen LogP contribution in [0.15, 0.2) is 36.4 Å². The molecule has 1 amide bonds. The fraction of sp³-hybridized carbons (Fsp3) is 0.350. The van der Waals surface area contributed by atoms with Gasteiger partial charge in [0.1, 0.15) is 19.3 Å². The van der Waals surface area contributed by atoms with Crippen molar-refractivity contribution in [3.8, 4) is 11.5 Å². The molecule has 1 heterocycles. The van der Waals surface area contributed by atoms with Gasteiger partial charge < -0.3 is 14.8 Å². The quantitative estimate of drug-likeness (QED) is 0.747. The zero-order valence-electron chi connectivity index (χ0n) is 16.7. The van der Waals surface area contributed by atoms with Crippen LogP contribution in [0.5, 0.6) is 11.5 Å². The van der Waals surface area contributed by atoms with Crippen molar-refractivity contribution in [3.05, 3.63) is 53.6 Å². The summed E-state index contributed by atoms with van der Waals surface area (Å²) in [6.45, 7) is 3.99. The lowest BCUT2D eigenvalue weighted by atomic mass is 10.1. The van der Waals surface area contributed by atoms with E-state index in [0.29, 0.717) is 24.7 Å². The number of nitrogens with one attached hydrogen (secondary N) is 1. The number of amides is 1. The second kappa shape index (κ2) is 8.47. The van der Waals surface area contributed by atoms with Crippen molar-refractivity contribution in [3.63, 3.8) is 0 Å². The van der Waals surface area contributed by atoms with Gasteiger partial charge in [0.05, 0.1) is 18.0 Å². The molecule has 0 saturated heterocycles. The third-order valence-electron chi connectivity index (χ3n) is 4.67. The molecule has 2 aromatic rings. The maximum atomic E-state index is 13.6. The average Bonchev–Trinajstić information content (AvgIpc) is 2.69. The molecule has 3 rings (SSSR count). The van der Waals surface area contributed by atoms with E-state index in [1.165, 1.54) is 6.92 Å². The molecule has 0 bridgehead atoms. The van der Waals surface area contributed by atoms with E-state index < -0.39 is 39.6 Å². The van der Waals surface area contributed by atoms with Crippen LogP contribution in [0.4, 0.5) is 14.5 Å².